The average Bonchev–Trinajstić information content (AvgIpc) is 2.93. The SMILES string of the molecule is CN1NCc2cc(C3CC3)ncc21. The number of hydrogen-bond donors (Lipinski definition) is 1. The Morgan fingerprint density at radius 3 is 3.15 bits per heavy atom. The van der Waals surface area contributed by atoms with Gasteiger partial charge in [0.2, 0.25) is 0 Å². The molecule has 0 spiro atoms. The van der Waals surface area contributed by atoms with Gasteiger partial charge in [0, 0.05) is 25.2 Å². The molecule has 3 rings (SSSR count). The van der Waals surface area contributed by atoms with Gasteiger partial charge in [-0.25, -0.2) is 5.43 Å². The third-order valence-corrected chi connectivity index (χ3v) is 2.85. The summed E-state index contributed by atoms with van der Waals surface area (Å²) < 4.78 is 0. The van der Waals surface area contributed by atoms with Crippen LogP contribution in [0.25, 0.3) is 0 Å². The largest absolute Gasteiger partial charge is 0.309 e. The lowest BCUT2D eigenvalue weighted by Crippen LogP contribution is -2.26. The van der Waals surface area contributed by atoms with Crippen molar-refractivity contribution in [1.29, 1.82) is 0 Å². The normalized spacial score (nSPS) is 20.5. The van der Waals surface area contributed by atoms with Crippen molar-refractivity contribution in [3.8, 4) is 0 Å². The van der Waals surface area contributed by atoms with Crippen molar-refractivity contribution in [1.82, 2.24) is 10.4 Å². The van der Waals surface area contributed by atoms with Gasteiger partial charge in [0.05, 0.1) is 11.9 Å². The Morgan fingerprint density at radius 2 is 2.38 bits per heavy atom. The predicted molar refractivity (Wildman–Crippen MR) is 51.5 cm³/mol. The standard InChI is InChI=1S/C10H13N3/c1-13-10-6-11-9(7-2-3-7)4-8(10)5-12-13/h4,6-7,12H,2-3,5H2,1H3. The number of pyridine rings is 1. The maximum atomic E-state index is 4.48. The molecule has 2 aliphatic rings. The van der Waals surface area contributed by atoms with E-state index < -0.39 is 0 Å². The van der Waals surface area contributed by atoms with Gasteiger partial charge >= 0.3 is 0 Å². The lowest BCUT2D eigenvalue weighted by molar-refractivity contribution is 0.734. The molecule has 1 aliphatic carbocycles. The van der Waals surface area contributed by atoms with E-state index in [2.05, 4.69) is 16.5 Å². The highest BCUT2D eigenvalue weighted by Crippen LogP contribution is 2.40. The molecule has 2 heterocycles. The molecule has 3 heteroatoms. The molecule has 0 atom stereocenters. The summed E-state index contributed by atoms with van der Waals surface area (Å²) in [4.78, 5) is 4.48. The number of nitrogens with one attached hydrogen (secondary N) is 1. The third kappa shape index (κ3) is 1.11. The summed E-state index contributed by atoms with van der Waals surface area (Å²) in [7, 11) is 2.03. The number of hydrazine groups is 1. The molecular weight excluding hydrogens is 162 g/mol. The zero-order chi connectivity index (χ0) is 8.84. The minimum absolute atomic E-state index is 0.760. The van der Waals surface area contributed by atoms with E-state index in [0.717, 1.165) is 12.5 Å². The summed E-state index contributed by atoms with van der Waals surface area (Å²) in [6, 6.07) is 2.25. The number of fused-ring (bicyclic) bond motifs is 1. The Morgan fingerprint density at radius 1 is 1.54 bits per heavy atom. The molecular formula is C10H13N3. The highest BCUT2D eigenvalue weighted by Gasteiger charge is 2.26. The van der Waals surface area contributed by atoms with Crippen molar-refractivity contribution < 1.29 is 0 Å². The van der Waals surface area contributed by atoms with Gasteiger partial charge in [0.25, 0.3) is 0 Å². The highest BCUT2D eigenvalue weighted by molar-refractivity contribution is 5.54. The van der Waals surface area contributed by atoms with E-state index in [0.29, 0.717) is 0 Å². The Hall–Kier alpha value is -1.09. The van der Waals surface area contributed by atoms with Gasteiger partial charge in [-0.2, -0.15) is 0 Å². The molecule has 13 heavy (non-hydrogen) atoms. The van der Waals surface area contributed by atoms with Crippen molar-refractivity contribution in [2.75, 3.05) is 12.1 Å². The van der Waals surface area contributed by atoms with Crippen LogP contribution in [0.1, 0.15) is 30.0 Å². The van der Waals surface area contributed by atoms with Crippen LogP contribution in [0.5, 0.6) is 0 Å². The number of hydrogen-bond acceptors (Lipinski definition) is 3. The molecule has 1 aliphatic heterocycles. The third-order valence-electron chi connectivity index (χ3n) is 2.85. The smallest absolute Gasteiger partial charge is 0.0745 e. The van der Waals surface area contributed by atoms with Crippen LogP contribution in [0.15, 0.2) is 12.3 Å². The first-order valence-electron chi connectivity index (χ1n) is 4.80. The van der Waals surface area contributed by atoms with Gasteiger partial charge in [-0.05, 0) is 24.5 Å². The fourth-order valence-electron chi connectivity index (χ4n) is 1.84. The van der Waals surface area contributed by atoms with E-state index >= 15 is 0 Å². The van der Waals surface area contributed by atoms with Crippen molar-refractivity contribution in [2.24, 2.45) is 0 Å². The summed E-state index contributed by atoms with van der Waals surface area (Å²) in [5, 5.41) is 2.04. The highest BCUT2D eigenvalue weighted by atomic mass is 15.5. The maximum absolute atomic E-state index is 4.48. The first-order chi connectivity index (χ1) is 6.34. The summed E-state index contributed by atoms with van der Waals surface area (Å²) >= 11 is 0. The molecule has 0 saturated heterocycles. The van der Waals surface area contributed by atoms with E-state index in [4.69, 9.17) is 0 Å². The van der Waals surface area contributed by atoms with Gasteiger partial charge in [0.1, 0.15) is 0 Å². The molecule has 1 aromatic rings. The van der Waals surface area contributed by atoms with Gasteiger partial charge in [-0.15, -0.1) is 0 Å². The fraction of sp³-hybridized carbons (Fsp3) is 0.500. The van der Waals surface area contributed by atoms with Gasteiger partial charge in [-0.1, -0.05) is 0 Å². The molecule has 0 bridgehead atoms. The second-order valence-electron chi connectivity index (χ2n) is 3.91. The number of aromatic nitrogens is 1. The minimum Gasteiger partial charge on any atom is -0.309 e. The molecule has 1 fully saturated rings. The van der Waals surface area contributed by atoms with Crippen molar-refractivity contribution in [3.63, 3.8) is 0 Å². The van der Waals surface area contributed by atoms with Crippen LogP contribution >= 0.6 is 0 Å². The van der Waals surface area contributed by atoms with Crippen molar-refractivity contribution in [2.45, 2.75) is 25.3 Å². The lowest BCUT2D eigenvalue weighted by atomic mass is 10.1. The molecule has 0 radical (unpaired) electrons. The topological polar surface area (TPSA) is 28.2 Å². The molecule has 1 saturated carbocycles. The van der Waals surface area contributed by atoms with Crippen LogP contribution in [-0.2, 0) is 6.54 Å². The molecule has 0 amide bonds. The fourth-order valence-corrected chi connectivity index (χ4v) is 1.84. The first-order valence-corrected chi connectivity index (χ1v) is 4.80. The molecule has 1 aromatic heterocycles. The predicted octanol–water partition coefficient (Wildman–Crippen LogP) is 1.41. The van der Waals surface area contributed by atoms with Crippen LogP contribution in [0, 0.1) is 0 Å². The van der Waals surface area contributed by atoms with Gasteiger partial charge in [0.15, 0.2) is 0 Å². The number of rotatable bonds is 1. The Balaban J connectivity index is 2.02. The van der Waals surface area contributed by atoms with Crippen molar-refractivity contribution in [3.05, 3.63) is 23.5 Å². The minimum atomic E-state index is 0.760. The van der Waals surface area contributed by atoms with Gasteiger partial charge in [-0.3, -0.25) is 4.98 Å². The van der Waals surface area contributed by atoms with Gasteiger partial charge < -0.3 is 5.01 Å². The van der Waals surface area contributed by atoms with Crippen LogP contribution < -0.4 is 10.4 Å². The quantitative estimate of drug-likeness (QED) is 0.699. The Kier molecular flexibility index (Phi) is 1.38. The zero-order valence-corrected chi connectivity index (χ0v) is 7.75. The Labute approximate surface area is 77.7 Å². The Bertz CT molecular complexity index is 344. The summed E-state index contributed by atoms with van der Waals surface area (Å²) in [5.74, 6) is 0.760. The van der Waals surface area contributed by atoms with E-state index in [9.17, 15) is 0 Å². The maximum Gasteiger partial charge on any atom is 0.0745 e. The zero-order valence-electron chi connectivity index (χ0n) is 7.75. The number of anilines is 1. The molecule has 3 nitrogen and oxygen atoms in total. The second-order valence-corrected chi connectivity index (χ2v) is 3.91. The lowest BCUT2D eigenvalue weighted by Gasteiger charge is -2.10. The molecule has 68 valence electrons. The first kappa shape index (κ1) is 7.33. The van der Waals surface area contributed by atoms with Crippen molar-refractivity contribution >= 4 is 5.69 Å². The van der Waals surface area contributed by atoms with Crippen LogP contribution in [0.3, 0.4) is 0 Å². The monoisotopic (exact) mass is 175 g/mol. The summed E-state index contributed by atoms with van der Waals surface area (Å²) in [6.07, 6.45) is 4.65. The number of nitrogens with zero attached hydrogens (tertiary/aromatic N) is 2. The van der Waals surface area contributed by atoms with E-state index in [1.54, 1.807) is 0 Å². The summed E-state index contributed by atoms with van der Waals surface area (Å²) in [6.45, 7) is 0.952. The summed E-state index contributed by atoms with van der Waals surface area (Å²) in [5.41, 5.74) is 7.17. The molecule has 1 N–H and O–H groups in total. The van der Waals surface area contributed by atoms with E-state index in [1.165, 1.54) is 29.8 Å². The molecule has 0 unspecified atom stereocenters. The molecule has 0 aromatic carbocycles. The van der Waals surface area contributed by atoms with E-state index in [-0.39, 0.29) is 0 Å². The van der Waals surface area contributed by atoms with Crippen LogP contribution in [0.2, 0.25) is 0 Å². The average molecular weight is 175 g/mol. The van der Waals surface area contributed by atoms with Crippen LogP contribution in [0.4, 0.5) is 5.69 Å². The van der Waals surface area contributed by atoms with Crippen LogP contribution in [-0.4, -0.2) is 12.0 Å². The second kappa shape index (κ2) is 2.45. The van der Waals surface area contributed by atoms with E-state index in [1.807, 2.05) is 18.3 Å².